The second kappa shape index (κ2) is 26.2. The molecule has 0 spiro atoms. The Balaban J connectivity index is 0.000000233. The number of benzene rings is 4. The molecule has 0 aliphatic rings. The summed E-state index contributed by atoms with van der Waals surface area (Å²) in [5, 5.41) is 16.2. The molecule has 0 radical (unpaired) electrons. The van der Waals surface area contributed by atoms with Crippen molar-refractivity contribution in [2.24, 2.45) is 0 Å². The summed E-state index contributed by atoms with van der Waals surface area (Å²) >= 11 is 12.3. The van der Waals surface area contributed by atoms with Crippen LogP contribution in [0.4, 0.5) is 56.1 Å². The third-order valence-electron chi connectivity index (χ3n) is 9.93. The van der Waals surface area contributed by atoms with Crippen molar-refractivity contribution in [1.29, 1.82) is 0 Å². The summed E-state index contributed by atoms with van der Waals surface area (Å²) in [4.78, 5) is 37.8. The Labute approximate surface area is 418 Å². The Morgan fingerprint density at radius 3 is 1.81 bits per heavy atom. The molecule has 360 valence electrons. The highest BCUT2D eigenvalue weighted by Crippen LogP contribution is 2.30. The van der Waals surface area contributed by atoms with Crippen molar-refractivity contribution in [3.8, 4) is 17.6 Å². The van der Waals surface area contributed by atoms with Crippen molar-refractivity contribution >= 4 is 80.8 Å². The van der Waals surface area contributed by atoms with Gasteiger partial charge in [-0.3, -0.25) is 14.7 Å². The first-order chi connectivity index (χ1) is 33.8. The zero-order valence-corrected chi connectivity index (χ0v) is 41.2. The molecule has 0 bridgehead atoms. The van der Waals surface area contributed by atoms with Gasteiger partial charge in [-0.05, 0) is 127 Å². The molecule has 3 heterocycles. The average molecular weight is 982 g/mol. The largest absolute Gasteiger partial charge is 0.486 e. The minimum Gasteiger partial charge on any atom is -0.486 e. The lowest BCUT2D eigenvalue weighted by molar-refractivity contribution is -0.111. The fraction of sp³-hybridized carbons (Fsp3) is 0.208. The first-order valence-corrected chi connectivity index (χ1v) is 23.1. The monoisotopic (exact) mass is 980 g/mol. The highest BCUT2D eigenvalue weighted by Gasteiger charge is 2.12. The van der Waals surface area contributed by atoms with E-state index in [2.05, 4.69) is 95.9 Å². The smallest absolute Gasteiger partial charge is 0.248 e. The van der Waals surface area contributed by atoms with Crippen molar-refractivity contribution in [1.82, 2.24) is 34.7 Å². The van der Waals surface area contributed by atoms with Crippen LogP contribution in [0.1, 0.15) is 39.0 Å². The molecule has 0 unspecified atom stereocenters. The van der Waals surface area contributed by atoms with E-state index in [9.17, 15) is 9.18 Å². The van der Waals surface area contributed by atoms with E-state index < -0.39 is 5.82 Å². The summed E-state index contributed by atoms with van der Waals surface area (Å²) in [6, 6.07) is 35.2. The topological polar surface area (TPSA) is 157 Å². The van der Waals surface area contributed by atoms with Crippen molar-refractivity contribution in [3.05, 3.63) is 173 Å². The van der Waals surface area contributed by atoms with Crippen LogP contribution in [-0.4, -0.2) is 79.9 Å². The molecule has 0 saturated heterocycles. The van der Waals surface area contributed by atoms with Crippen LogP contribution in [0.5, 0.6) is 5.75 Å². The van der Waals surface area contributed by atoms with E-state index >= 15 is 0 Å². The summed E-state index contributed by atoms with van der Waals surface area (Å²) in [6.45, 7) is 10.5. The van der Waals surface area contributed by atoms with Crippen LogP contribution in [0.2, 0.25) is 10.0 Å². The van der Waals surface area contributed by atoms with E-state index in [1.807, 2.05) is 97.9 Å². The summed E-state index contributed by atoms with van der Waals surface area (Å²) in [6.07, 6.45) is 7.96. The average Bonchev–Trinajstić information content (AvgIpc) is 3.32. The number of carbonyl (C=O) groups excluding carboxylic acids is 1. The Morgan fingerprint density at radius 2 is 1.24 bits per heavy atom. The third-order valence-corrected chi connectivity index (χ3v) is 10.5. The van der Waals surface area contributed by atoms with Crippen LogP contribution in [0.15, 0.2) is 146 Å². The molecule has 1 amide bonds. The van der Waals surface area contributed by atoms with Gasteiger partial charge in [-0.15, -0.1) is 0 Å². The first kappa shape index (κ1) is 51.8. The molecule has 70 heavy (non-hydrogen) atoms. The number of hydrogen-bond donors (Lipinski definition) is 5. The molecule has 0 fully saturated rings. The van der Waals surface area contributed by atoms with Gasteiger partial charge in [0.1, 0.15) is 54.1 Å². The van der Waals surface area contributed by atoms with Gasteiger partial charge in [0, 0.05) is 77.0 Å². The van der Waals surface area contributed by atoms with Crippen molar-refractivity contribution in [2.75, 3.05) is 53.8 Å². The summed E-state index contributed by atoms with van der Waals surface area (Å²) in [5.74, 6) is 8.76. The molecular weight excluding hydrogens is 927 g/mol. The lowest BCUT2D eigenvalue weighted by atomic mass is 10.2. The zero-order chi connectivity index (χ0) is 49.8. The molecule has 0 saturated carbocycles. The fourth-order valence-electron chi connectivity index (χ4n) is 6.58. The lowest BCUT2D eigenvalue weighted by Crippen LogP contribution is -2.37. The maximum atomic E-state index is 13.4. The van der Waals surface area contributed by atoms with E-state index in [1.54, 1.807) is 36.5 Å². The number of nitrogens with zero attached hydrogens (tertiary/aromatic N) is 7. The molecule has 17 heteroatoms. The number of halogens is 3. The van der Waals surface area contributed by atoms with E-state index in [4.69, 9.17) is 27.9 Å². The van der Waals surface area contributed by atoms with Gasteiger partial charge in [0.05, 0.1) is 22.3 Å². The number of likely N-dealkylation sites (N-methyl/N-ethyl adjacent to an activating group) is 1. The lowest BCUT2D eigenvalue weighted by Gasteiger charge is -2.28. The Morgan fingerprint density at radius 1 is 0.671 bits per heavy atom. The van der Waals surface area contributed by atoms with Gasteiger partial charge in [-0.1, -0.05) is 59.3 Å². The number of rotatable bonds is 18. The number of pyridine rings is 1. The van der Waals surface area contributed by atoms with Crippen LogP contribution >= 0.6 is 23.2 Å². The standard InChI is InChI=1S/C28H28ClN7O2.C25H27ClFN5/c1-36(2)14-6-10-28(37)35-21-9-5-8-20(15-21)33-26-17-27(32-19-31-26)34-22-11-12-25(24(29)16-22)38-18-23-7-3-4-13-30-23;1-17(2)32(18(3)4)12-6-8-19-7-5-9-20(13-19)30-24-15-25(29-16-28-24)31-21-10-11-23(27)22(26)14-21/h3-13,15-17,19H,14,18H2,1-2H3,(H,35,37)(H2,31,32,33,34);5,7,9-11,13-18H,12H2,1-4H3,(H2,28,29,30,31)/b10-6+;. The van der Waals surface area contributed by atoms with Gasteiger partial charge in [0.25, 0.3) is 0 Å². The first-order valence-electron chi connectivity index (χ1n) is 22.3. The van der Waals surface area contributed by atoms with Crippen LogP contribution in [0, 0.1) is 17.7 Å². The van der Waals surface area contributed by atoms with Gasteiger partial charge in [0.2, 0.25) is 5.91 Å². The van der Waals surface area contributed by atoms with E-state index in [-0.39, 0.29) is 10.9 Å². The van der Waals surface area contributed by atoms with Crippen LogP contribution < -0.4 is 31.3 Å². The Kier molecular flexibility index (Phi) is 19.4. The van der Waals surface area contributed by atoms with E-state index in [0.717, 1.165) is 34.9 Å². The normalized spacial score (nSPS) is 10.9. The fourth-order valence-corrected chi connectivity index (χ4v) is 7.00. The molecule has 5 N–H and O–H groups in total. The van der Waals surface area contributed by atoms with Crippen molar-refractivity contribution < 1.29 is 13.9 Å². The van der Waals surface area contributed by atoms with Crippen LogP contribution in [0.3, 0.4) is 0 Å². The molecule has 7 aromatic rings. The quantitative estimate of drug-likeness (QED) is 0.0409. The molecule has 4 aromatic carbocycles. The number of anilines is 9. The number of hydrogen-bond acceptors (Lipinski definition) is 13. The molecule has 0 aliphatic carbocycles. The van der Waals surface area contributed by atoms with Crippen molar-refractivity contribution in [3.63, 3.8) is 0 Å². The summed E-state index contributed by atoms with van der Waals surface area (Å²) in [5.41, 5.74) is 5.43. The number of ether oxygens (including phenoxy) is 1. The second-order valence-corrected chi connectivity index (χ2v) is 17.3. The minimum atomic E-state index is -0.466. The second-order valence-electron chi connectivity index (χ2n) is 16.4. The van der Waals surface area contributed by atoms with Crippen molar-refractivity contribution in [2.45, 2.75) is 46.4 Å². The molecule has 7 rings (SSSR count). The third kappa shape index (κ3) is 17.2. The minimum absolute atomic E-state index is 0.0465. The SMILES string of the molecule is CC(C)N(CC#Cc1cccc(Nc2cc(Nc3ccc(F)c(Cl)c3)ncn2)c1)C(C)C.CN(C)C/C=C/C(=O)Nc1cccc(Nc2cc(Nc3ccc(OCc4ccccn4)c(Cl)c3)ncn2)c1. The van der Waals surface area contributed by atoms with E-state index in [1.165, 1.54) is 30.9 Å². The highest BCUT2D eigenvalue weighted by molar-refractivity contribution is 6.32. The van der Waals surface area contributed by atoms with Crippen LogP contribution in [-0.2, 0) is 11.4 Å². The molecule has 14 nitrogen and oxygen atoms in total. The number of carbonyl (C=O) groups is 1. The van der Waals surface area contributed by atoms with Gasteiger partial charge in [0.15, 0.2) is 0 Å². The predicted octanol–water partition coefficient (Wildman–Crippen LogP) is 11.9. The van der Waals surface area contributed by atoms with Gasteiger partial charge in [-0.2, -0.15) is 0 Å². The van der Waals surface area contributed by atoms with Gasteiger partial charge in [-0.25, -0.2) is 24.3 Å². The Hall–Kier alpha value is -7.61. The van der Waals surface area contributed by atoms with Crippen LogP contribution in [0.25, 0.3) is 0 Å². The zero-order valence-electron chi connectivity index (χ0n) is 39.7. The van der Waals surface area contributed by atoms with E-state index in [0.29, 0.717) is 70.7 Å². The predicted molar refractivity (Wildman–Crippen MR) is 282 cm³/mol. The maximum absolute atomic E-state index is 13.4. The number of aromatic nitrogens is 5. The number of amides is 1. The Bertz CT molecular complexity index is 2900. The molecule has 3 aromatic heterocycles. The van der Waals surface area contributed by atoms with Gasteiger partial charge < -0.3 is 36.2 Å². The van der Waals surface area contributed by atoms with Gasteiger partial charge >= 0.3 is 0 Å². The number of nitrogens with one attached hydrogen (secondary N) is 5. The highest BCUT2D eigenvalue weighted by atomic mass is 35.5. The maximum Gasteiger partial charge on any atom is 0.248 e. The molecule has 0 aliphatic heterocycles. The molecule has 0 atom stereocenters. The summed E-state index contributed by atoms with van der Waals surface area (Å²) < 4.78 is 19.1. The molecular formula is C53H55Cl2FN12O2. The summed E-state index contributed by atoms with van der Waals surface area (Å²) in [7, 11) is 3.88.